The van der Waals surface area contributed by atoms with Crippen molar-refractivity contribution in [2.75, 3.05) is 5.73 Å². The number of urea groups is 3. The first-order chi connectivity index (χ1) is 31.9. The fourth-order valence-electron chi connectivity index (χ4n) is 7.90. The molecule has 0 radical (unpaired) electrons. The summed E-state index contributed by atoms with van der Waals surface area (Å²) in [5.74, 6) is 2.04. The highest BCUT2D eigenvalue weighted by Crippen LogP contribution is 2.44. The SMILES string of the molecule is NCc1nc(CN)nc(Cc2cccc(Cc3nc(CN)nc(CN)n3)c2N=Nc2ccc3ccc(-c4c(CC5NC(=O)NC(=O)N5)cccc4CC4NC(=O)NC(O)N4)c(N)c3c2O)n1. The first kappa shape index (κ1) is 44.7. The summed E-state index contributed by atoms with van der Waals surface area (Å²) in [6.45, 7) is 0.305. The Bertz CT molecular complexity index is 2740. The molecule has 4 heterocycles. The van der Waals surface area contributed by atoms with Gasteiger partial charge in [0.15, 0.2) is 12.1 Å². The standard InChI is InChI=1S/C42H47N19O5/c43-15-30-48-26(49-31(16-44)52-30)13-22-5-2-6-23(14-27-50-32(17-45)53-33(18-46)51-27)37(22)61-60-25-10-8-19-7-9-24(36(47)35(19)38(25)62)34-20(11-28-54-39(63)58-40(64)55-28)3-1-4-21(34)12-29-56-41(65)59-42(66)57-29/h1-10,28-29,39,54,62-63H,11-18,43-47H2,(H2,55,58,64)(H3,56,57,59,65,66). The van der Waals surface area contributed by atoms with Crippen LogP contribution in [0.3, 0.4) is 0 Å². The van der Waals surface area contributed by atoms with E-state index in [1.807, 2.05) is 30.3 Å². The molecule has 66 heavy (non-hydrogen) atoms. The number of hydrogen-bond acceptors (Lipinski definition) is 19. The second-order valence-electron chi connectivity index (χ2n) is 15.2. The number of carbonyl (C=O) groups excluding carboxylic acids is 3. The maximum absolute atomic E-state index is 12.3. The number of anilines is 1. The number of nitrogens with two attached hydrogens (primary N) is 5. The number of aromatic hydroxyl groups is 1. The van der Waals surface area contributed by atoms with Crippen molar-refractivity contribution in [1.82, 2.24) is 61.8 Å². The topological polar surface area (TPSA) is 396 Å². The van der Waals surface area contributed by atoms with E-state index in [0.717, 1.165) is 0 Å². The monoisotopic (exact) mass is 897 g/mol. The van der Waals surface area contributed by atoms with Gasteiger partial charge in [0.05, 0.1) is 43.7 Å². The van der Waals surface area contributed by atoms with Crippen LogP contribution in [0, 0.1) is 0 Å². The molecule has 8 rings (SSSR count). The van der Waals surface area contributed by atoms with Crippen molar-refractivity contribution in [3.63, 3.8) is 0 Å². The molecule has 2 atom stereocenters. The number of phenolic OH excluding ortho intramolecular Hbond substituents is 1. The largest absolute Gasteiger partial charge is 0.505 e. The average Bonchev–Trinajstić information content (AvgIpc) is 3.29. The third-order valence-corrected chi connectivity index (χ3v) is 10.7. The molecule has 0 aliphatic carbocycles. The maximum Gasteiger partial charge on any atom is 0.324 e. The van der Waals surface area contributed by atoms with Gasteiger partial charge in [-0.05, 0) is 39.3 Å². The second kappa shape index (κ2) is 19.5. The molecular weight excluding hydrogens is 851 g/mol. The van der Waals surface area contributed by atoms with E-state index in [9.17, 15) is 24.6 Å². The van der Waals surface area contributed by atoms with Gasteiger partial charge in [-0.3, -0.25) is 16.0 Å². The molecule has 24 heteroatoms. The molecule has 340 valence electrons. The molecule has 18 N–H and O–H groups in total. The number of aliphatic hydroxyl groups excluding tert-OH is 1. The number of nitrogens with one attached hydrogen (secondary N) is 6. The number of nitrogen functional groups attached to an aromatic ring is 1. The molecule has 2 aromatic heterocycles. The maximum atomic E-state index is 12.3. The average molecular weight is 898 g/mol. The zero-order valence-electron chi connectivity index (χ0n) is 35.2. The van der Waals surface area contributed by atoms with Crippen LogP contribution in [0.2, 0.25) is 0 Å². The normalized spacial score (nSPS) is 16.5. The molecule has 2 saturated heterocycles. The summed E-state index contributed by atoms with van der Waals surface area (Å²) in [7, 11) is 0. The Balaban J connectivity index is 1.22. The number of nitrogens with zero attached hydrogens (tertiary/aromatic N) is 8. The molecule has 2 unspecified atom stereocenters. The van der Waals surface area contributed by atoms with Gasteiger partial charge in [0.25, 0.3) is 0 Å². The zero-order valence-corrected chi connectivity index (χ0v) is 35.2. The lowest BCUT2D eigenvalue weighted by Gasteiger charge is -2.31. The highest BCUT2D eigenvalue weighted by atomic mass is 16.3. The van der Waals surface area contributed by atoms with E-state index in [4.69, 9.17) is 33.8 Å². The van der Waals surface area contributed by atoms with Crippen LogP contribution in [0.1, 0.15) is 57.2 Å². The molecule has 6 amide bonds. The quantitative estimate of drug-likeness (QED) is 0.0494. The van der Waals surface area contributed by atoms with E-state index in [1.54, 1.807) is 30.3 Å². The molecule has 0 spiro atoms. The molecule has 0 saturated carbocycles. The van der Waals surface area contributed by atoms with E-state index in [1.165, 1.54) is 0 Å². The van der Waals surface area contributed by atoms with Gasteiger partial charge in [-0.2, -0.15) is 0 Å². The summed E-state index contributed by atoms with van der Waals surface area (Å²) in [6, 6.07) is 16.0. The van der Waals surface area contributed by atoms with Crippen LogP contribution in [-0.4, -0.2) is 76.9 Å². The van der Waals surface area contributed by atoms with Crippen LogP contribution in [0.4, 0.5) is 31.4 Å². The number of benzene rings is 4. The van der Waals surface area contributed by atoms with Gasteiger partial charge in [-0.15, -0.1) is 10.2 Å². The summed E-state index contributed by atoms with van der Waals surface area (Å²) in [5, 5.41) is 48.0. The van der Waals surface area contributed by atoms with Crippen molar-refractivity contribution in [2.45, 2.75) is 70.5 Å². The predicted molar refractivity (Wildman–Crippen MR) is 239 cm³/mol. The minimum Gasteiger partial charge on any atom is -0.505 e. The summed E-state index contributed by atoms with van der Waals surface area (Å²) in [5.41, 5.74) is 35.1. The number of fused-ring (bicyclic) bond motifs is 1. The predicted octanol–water partition coefficient (Wildman–Crippen LogP) is 0.534. The summed E-state index contributed by atoms with van der Waals surface area (Å²) >= 11 is 0. The van der Waals surface area contributed by atoms with E-state index in [0.29, 0.717) is 79.4 Å². The third-order valence-electron chi connectivity index (χ3n) is 10.7. The Labute approximate surface area is 375 Å². The van der Waals surface area contributed by atoms with Gasteiger partial charge in [-0.25, -0.2) is 44.3 Å². The van der Waals surface area contributed by atoms with Crippen molar-refractivity contribution >= 4 is 45.9 Å². The number of phenols is 1. The summed E-state index contributed by atoms with van der Waals surface area (Å²) < 4.78 is 0. The molecule has 4 aromatic carbocycles. The lowest BCUT2D eigenvalue weighted by Crippen LogP contribution is -2.65. The number of aromatic nitrogens is 6. The van der Waals surface area contributed by atoms with Crippen molar-refractivity contribution in [1.29, 1.82) is 0 Å². The lowest BCUT2D eigenvalue weighted by molar-refractivity contribution is 0.0727. The van der Waals surface area contributed by atoms with Crippen molar-refractivity contribution in [2.24, 2.45) is 33.2 Å². The number of rotatable bonds is 15. The number of carbonyl (C=O) groups is 3. The number of imide groups is 1. The van der Waals surface area contributed by atoms with Gasteiger partial charge in [0.2, 0.25) is 0 Å². The van der Waals surface area contributed by atoms with Crippen molar-refractivity contribution in [3.05, 3.63) is 118 Å². The number of amides is 6. The number of azo groups is 1. The molecule has 6 aromatic rings. The highest BCUT2D eigenvalue weighted by molar-refractivity contribution is 6.06. The van der Waals surface area contributed by atoms with Crippen LogP contribution in [-0.2, 0) is 51.9 Å². The summed E-state index contributed by atoms with van der Waals surface area (Å²) in [6.07, 6.45) is -2.12. The smallest absolute Gasteiger partial charge is 0.324 e. The molecule has 0 bridgehead atoms. The van der Waals surface area contributed by atoms with E-state index < -0.39 is 36.8 Å². The fraction of sp³-hybridized carbons (Fsp3) is 0.262. The van der Waals surface area contributed by atoms with Crippen LogP contribution >= 0.6 is 0 Å². The Morgan fingerprint density at radius 2 is 1.06 bits per heavy atom. The Kier molecular flexibility index (Phi) is 13.2. The van der Waals surface area contributed by atoms with Crippen molar-refractivity contribution in [3.8, 4) is 16.9 Å². The van der Waals surface area contributed by atoms with E-state index in [-0.39, 0.29) is 74.4 Å². The van der Waals surface area contributed by atoms with Gasteiger partial charge in [0, 0.05) is 36.6 Å². The van der Waals surface area contributed by atoms with Crippen LogP contribution in [0.5, 0.6) is 5.75 Å². The number of aliphatic hydroxyl groups is 1. The van der Waals surface area contributed by atoms with Gasteiger partial charge < -0.3 is 54.8 Å². The lowest BCUT2D eigenvalue weighted by atomic mass is 9.87. The Hall–Kier alpha value is -7.87. The minimum atomic E-state index is -1.30. The third kappa shape index (κ3) is 9.92. The first-order valence-corrected chi connectivity index (χ1v) is 20.7. The van der Waals surface area contributed by atoms with Gasteiger partial charge >= 0.3 is 18.1 Å². The molecule has 2 aliphatic heterocycles. The van der Waals surface area contributed by atoms with Gasteiger partial charge in [0.1, 0.15) is 46.8 Å². The van der Waals surface area contributed by atoms with Crippen molar-refractivity contribution < 1.29 is 24.6 Å². The van der Waals surface area contributed by atoms with Gasteiger partial charge in [-0.1, -0.05) is 54.6 Å². The first-order valence-electron chi connectivity index (χ1n) is 20.7. The Morgan fingerprint density at radius 1 is 0.576 bits per heavy atom. The second-order valence-corrected chi connectivity index (χ2v) is 15.2. The fourth-order valence-corrected chi connectivity index (χ4v) is 7.90. The molecular formula is C42H47N19O5. The molecule has 2 fully saturated rings. The zero-order chi connectivity index (χ0) is 46.5. The van der Waals surface area contributed by atoms with E-state index in [2.05, 4.69) is 66.9 Å². The number of hydrogen-bond donors (Lipinski definition) is 13. The Morgan fingerprint density at radius 3 is 1.59 bits per heavy atom. The molecule has 24 nitrogen and oxygen atoms in total. The van der Waals surface area contributed by atoms with E-state index >= 15 is 0 Å². The highest BCUT2D eigenvalue weighted by Gasteiger charge is 2.28. The minimum absolute atomic E-state index is 0.0763. The van der Waals surface area contributed by atoms with Crippen LogP contribution in [0.25, 0.3) is 21.9 Å². The van der Waals surface area contributed by atoms with Crippen LogP contribution < -0.4 is 60.6 Å². The van der Waals surface area contributed by atoms with Crippen LogP contribution in [0.15, 0.2) is 70.9 Å². The molecule has 2 aliphatic rings. The summed E-state index contributed by atoms with van der Waals surface area (Å²) in [4.78, 5) is 63.6.